The van der Waals surface area contributed by atoms with E-state index in [1.165, 1.54) is 19.3 Å². The molecule has 0 bridgehead atoms. The summed E-state index contributed by atoms with van der Waals surface area (Å²) in [6, 6.07) is 0.288. The van der Waals surface area contributed by atoms with Gasteiger partial charge in [-0.1, -0.05) is 33.1 Å². The Morgan fingerprint density at radius 3 is 2.59 bits per heavy atom. The van der Waals surface area contributed by atoms with Gasteiger partial charge < -0.3 is 20.3 Å². The van der Waals surface area contributed by atoms with Crippen LogP contribution in [0.5, 0.6) is 0 Å². The van der Waals surface area contributed by atoms with E-state index in [9.17, 15) is 4.79 Å². The highest BCUT2D eigenvalue weighted by atomic mass is 127. The molecule has 27 heavy (non-hydrogen) atoms. The van der Waals surface area contributed by atoms with Crippen molar-refractivity contribution in [3.05, 3.63) is 0 Å². The van der Waals surface area contributed by atoms with Gasteiger partial charge in [0.2, 0.25) is 5.91 Å². The number of likely N-dealkylation sites (tertiary alicyclic amines) is 1. The number of rotatable bonds is 8. The number of guanidine groups is 1. The summed E-state index contributed by atoms with van der Waals surface area (Å²) < 4.78 is 5.63. The van der Waals surface area contributed by atoms with E-state index in [1.807, 2.05) is 0 Å². The second-order valence-corrected chi connectivity index (χ2v) is 8.04. The predicted molar refractivity (Wildman–Crippen MR) is 122 cm³/mol. The van der Waals surface area contributed by atoms with Crippen LogP contribution < -0.4 is 10.6 Å². The van der Waals surface area contributed by atoms with Crippen LogP contribution in [0.4, 0.5) is 0 Å². The third-order valence-electron chi connectivity index (χ3n) is 5.40. The Morgan fingerprint density at radius 1 is 1.19 bits per heavy atom. The maximum absolute atomic E-state index is 12.7. The van der Waals surface area contributed by atoms with Crippen molar-refractivity contribution in [2.24, 2.45) is 16.8 Å². The molecule has 1 unspecified atom stereocenters. The lowest BCUT2D eigenvalue weighted by atomic mass is 9.88. The lowest BCUT2D eigenvalue weighted by Crippen LogP contribution is -2.46. The number of carbonyl (C=O) groups is 1. The monoisotopic (exact) mass is 494 g/mol. The summed E-state index contributed by atoms with van der Waals surface area (Å²) in [5, 5.41) is 6.75. The maximum Gasteiger partial charge on any atom is 0.225 e. The van der Waals surface area contributed by atoms with Gasteiger partial charge in [-0.2, -0.15) is 0 Å². The van der Waals surface area contributed by atoms with Crippen LogP contribution in [0.3, 0.4) is 0 Å². The van der Waals surface area contributed by atoms with Crippen LogP contribution in [0.25, 0.3) is 0 Å². The summed E-state index contributed by atoms with van der Waals surface area (Å²) in [5.41, 5.74) is 0. The largest absolute Gasteiger partial charge is 0.380 e. The first-order chi connectivity index (χ1) is 12.6. The first kappa shape index (κ1) is 24.5. The molecule has 1 atom stereocenters. The van der Waals surface area contributed by atoms with E-state index in [4.69, 9.17) is 4.74 Å². The highest BCUT2D eigenvalue weighted by Gasteiger charge is 2.31. The van der Waals surface area contributed by atoms with Crippen LogP contribution in [0.2, 0.25) is 0 Å². The van der Waals surface area contributed by atoms with Gasteiger partial charge in [-0.15, -0.1) is 24.0 Å². The molecule has 1 amide bonds. The zero-order valence-electron chi connectivity index (χ0n) is 17.3. The molecule has 1 heterocycles. The van der Waals surface area contributed by atoms with Crippen molar-refractivity contribution >= 4 is 35.8 Å². The van der Waals surface area contributed by atoms with Gasteiger partial charge in [0, 0.05) is 45.2 Å². The van der Waals surface area contributed by atoms with Gasteiger partial charge in [-0.3, -0.25) is 9.79 Å². The maximum atomic E-state index is 12.7. The minimum atomic E-state index is 0. The Morgan fingerprint density at radius 2 is 1.93 bits per heavy atom. The molecule has 1 saturated heterocycles. The van der Waals surface area contributed by atoms with E-state index in [1.54, 1.807) is 7.05 Å². The Labute approximate surface area is 182 Å². The van der Waals surface area contributed by atoms with Crippen LogP contribution in [0.15, 0.2) is 4.99 Å². The van der Waals surface area contributed by atoms with Crippen molar-refractivity contribution in [3.63, 3.8) is 0 Å². The van der Waals surface area contributed by atoms with Crippen molar-refractivity contribution in [3.8, 4) is 0 Å². The van der Waals surface area contributed by atoms with Crippen molar-refractivity contribution in [2.45, 2.75) is 64.8 Å². The van der Waals surface area contributed by atoms with E-state index < -0.39 is 0 Å². The lowest BCUT2D eigenvalue weighted by molar-refractivity contribution is -0.135. The summed E-state index contributed by atoms with van der Waals surface area (Å²) in [7, 11) is 1.79. The van der Waals surface area contributed by atoms with E-state index >= 15 is 0 Å². The van der Waals surface area contributed by atoms with Crippen molar-refractivity contribution in [1.29, 1.82) is 0 Å². The van der Waals surface area contributed by atoms with Crippen molar-refractivity contribution < 1.29 is 9.53 Å². The zero-order chi connectivity index (χ0) is 18.8. The first-order valence-electron chi connectivity index (χ1n) is 10.4. The fourth-order valence-electron chi connectivity index (χ4n) is 3.74. The van der Waals surface area contributed by atoms with Gasteiger partial charge in [-0.25, -0.2) is 0 Å². The van der Waals surface area contributed by atoms with E-state index in [0.29, 0.717) is 18.4 Å². The molecule has 1 aliphatic heterocycles. The SMILES string of the molecule is CN=C(NCCOCCC(C)C)NC1CCN(C(=O)C2CCCCC2)C1.I. The second kappa shape index (κ2) is 13.6. The number of nitrogens with one attached hydrogen (secondary N) is 2. The molecule has 0 aromatic heterocycles. The number of amides is 1. The molecule has 7 heteroatoms. The summed E-state index contributed by atoms with van der Waals surface area (Å²) >= 11 is 0. The summed E-state index contributed by atoms with van der Waals surface area (Å²) in [4.78, 5) is 19.0. The van der Waals surface area contributed by atoms with Gasteiger partial charge in [0.05, 0.1) is 6.61 Å². The number of aliphatic imine (C=N–C) groups is 1. The number of nitrogens with zero attached hydrogens (tertiary/aromatic N) is 2. The molecule has 2 rings (SSSR count). The van der Waals surface area contributed by atoms with Crippen LogP contribution in [0, 0.1) is 11.8 Å². The molecule has 2 aliphatic rings. The normalized spacial score (nSPS) is 21.3. The fourth-order valence-corrected chi connectivity index (χ4v) is 3.74. The first-order valence-corrected chi connectivity index (χ1v) is 10.4. The number of carbonyl (C=O) groups excluding carboxylic acids is 1. The predicted octanol–water partition coefficient (Wildman–Crippen LogP) is 3.01. The number of halogens is 1. The Balaban J connectivity index is 0.00000364. The quantitative estimate of drug-likeness (QED) is 0.236. The van der Waals surface area contributed by atoms with Crippen molar-refractivity contribution in [1.82, 2.24) is 15.5 Å². The molecule has 2 fully saturated rings. The standard InChI is InChI=1S/C20H38N4O2.HI/c1-16(2)10-13-26-14-11-22-20(21-3)23-18-9-12-24(15-18)19(25)17-7-5-4-6-8-17;/h16-18H,4-15H2,1-3H3,(H2,21,22,23);1H. The molecular weight excluding hydrogens is 455 g/mol. The Bertz CT molecular complexity index is 453. The minimum Gasteiger partial charge on any atom is -0.380 e. The topological polar surface area (TPSA) is 66.0 Å². The van der Waals surface area contributed by atoms with E-state index in [-0.39, 0.29) is 35.9 Å². The van der Waals surface area contributed by atoms with Crippen LogP contribution >= 0.6 is 24.0 Å². The second-order valence-electron chi connectivity index (χ2n) is 8.04. The summed E-state index contributed by atoms with van der Waals surface area (Å²) in [6.07, 6.45) is 7.95. The summed E-state index contributed by atoms with van der Waals surface area (Å²) in [6.45, 7) is 8.31. The highest BCUT2D eigenvalue weighted by molar-refractivity contribution is 14.0. The lowest BCUT2D eigenvalue weighted by Gasteiger charge is -2.26. The molecular formula is C20H39IN4O2. The molecule has 158 valence electrons. The molecule has 0 aromatic rings. The zero-order valence-corrected chi connectivity index (χ0v) is 19.7. The van der Waals surface area contributed by atoms with Crippen molar-refractivity contribution in [2.75, 3.05) is 39.9 Å². The molecule has 0 radical (unpaired) electrons. The molecule has 1 saturated carbocycles. The van der Waals surface area contributed by atoms with E-state index in [0.717, 1.165) is 57.9 Å². The third kappa shape index (κ3) is 8.98. The number of hydrogen-bond donors (Lipinski definition) is 2. The average molecular weight is 494 g/mol. The third-order valence-corrected chi connectivity index (χ3v) is 5.40. The highest BCUT2D eigenvalue weighted by Crippen LogP contribution is 2.26. The molecule has 1 aliphatic carbocycles. The van der Waals surface area contributed by atoms with Gasteiger partial charge in [-0.05, 0) is 31.6 Å². The molecule has 2 N–H and O–H groups in total. The number of ether oxygens (including phenoxy) is 1. The Hall–Kier alpha value is -0.570. The average Bonchev–Trinajstić information content (AvgIpc) is 3.12. The minimum absolute atomic E-state index is 0. The molecule has 0 aromatic carbocycles. The molecule has 0 spiro atoms. The van der Waals surface area contributed by atoms with Crippen LogP contribution in [-0.4, -0.2) is 62.7 Å². The summed E-state index contributed by atoms with van der Waals surface area (Å²) in [5.74, 6) is 2.12. The van der Waals surface area contributed by atoms with Gasteiger partial charge in [0.25, 0.3) is 0 Å². The van der Waals surface area contributed by atoms with Crippen LogP contribution in [-0.2, 0) is 9.53 Å². The van der Waals surface area contributed by atoms with Gasteiger partial charge in [0.1, 0.15) is 0 Å². The Kier molecular flexibility index (Phi) is 12.3. The van der Waals surface area contributed by atoms with Crippen LogP contribution in [0.1, 0.15) is 58.8 Å². The smallest absolute Gasteiger partial charge is 0.225 e. The van der Waals surface area contributed by atoms with Gasteiger partial charge >= 0.3 is 0 Å². The number of hydrogen-bond acceptors (Lipinski definition) is 3. The van der Waals surface area contributed by atoms with Gasteiger partial charge in [0.15, 0.2) is 5.96 Å². The fraction of sp³-hybridized carbons (Fsp3) is 0.900. The van der Waals surface area contributed by atoms with E-state index in [2.05, 4.69) is 34.4 Å². The molecule has 6 nitrogen and oxygen atoms in total.